The zero-order valence-electron chi connectivity index (χ0n) is 12.7. The molecule has 112 valence electrons. The van der Waals surface area contributed by atoms with Crippen LogP contribution in [-0.4, -0.2) is 0 Å². The average Bonchev–Trinajstić information content (AvgIpc) is 2.91. The van der Waals surface area contributed by atoms with Crippen molar-refractivity contribution >= 4 is 22.9 Å². The van der Waals surface area contributed by atoms with Crippen molar-refractivity contribution in [3.05, 3.63) is 56.2 Å². The number of fused-ring (bicyclic) bond motifs is 1. The van der Waals surface area contributed by atoms with Crippen LogP contribution in [0.15, 0.2) is 30.3 Å². The van der Waals surface area contributed by atoms with Crippen molar-refractivity contribution in [2.75, 3.05) is 0 Å². The lowest BCUT2D eigenvalue weighted by atomic mass is 9.99. The number of hydrogen-bond donors (Lipinski definition) is 1. The largest absolute Gasteiger partial charge is 0.303 e. The second-order valence-corrected chi connectivity index (χ2v) is 7.51. The quantitative estimate of drug-likeness (QED) is 0.763. The van der Waals surface area contributed by atoms with E-state index in [0.717, 1.165) is 5.02 Å². The Labute approximate surface area is 136 Å². The molecule has 0 amide bonds. The summed E-state index contributed by atoms with van der Waals surface area (Å²) in [5.74, 6) is 0. The van der Waals surface area contributed by atoms with Gasteiger partial charge in [0.15, 0.2) is 0 Å². The van der Waals surface area contributed by atoms with Gasteiger partial charge in [-0.3, -0.25) is 0 Å². The fourth-order valence-electron chi connectivity index (χ4n) is 3.10. The minimum Gasteiger partial charge on any atom is -0.303 e. The summed E-state index contributed by atoms with van der Waals surface area (Å²) in [7, 11) is 0. The predicted octanol–water partition coefficient (Wildman–Crippen LogP) is 5.69. The second-order valence-electron chi connectivity index (χ2n) is 5.94. The number of benzene rings is 1. The Morgan fingerprint density at radius 2 is 1.86 bits per heavy atom. The van der Waals surface area contributed by atoms with Crippen molar-refractivity contribution in [1.29, 1.82) is 0 Å². The van der Waals surface area contributed by atoms with E-state index in [1.54, 1.807) is 10.4 Å². The molecule has 2 unspecified atom stereocenters. The third kappa shape index (κ3) is 3.33. The summed E-state index contributed by atoms with van der Waals surface area (Å²) < 4.78 is 0. The van der Waals surface area contributed by atoms with Crippen LogP contribution in [0.1, 0.15) is 59.7 Å². The van der Waals surface area contributed by atoms with E-state index in [1.165, 1.54) is 36.1 Å². The van der Waals surface area contributed by atoms with E-state index in [0.29, 0.717) is 6.04 Å². The SMILES string of the molecule is CC(NC(C)c1ccccc1Cl)c1cc2c(s1)CCCC2. The summed E-state index contributed by atoms with van der Waals surface area (Å²) in [6.07, 6.45) is 5.23. The van der Waals surface area contributed by atoms with Gasteiger partial charge >= 0.3 is 0 Å². The Morgan fingerprint density at radius 3 is 2.62 bits per heavy atom. The van der Waals surface area contributed by atoms with E-state index in [2.05, 4.69) is 31.3 Å². The zero-order chi connectivity index (χ0) is 14.8. The van der Waals surface area contributed by atoms with E-state index in [9.17, 15) is 0 Å². The summed E-state index contributed by atoms with van der Waals surface area (Å²) in [6, 6.07) is 11.1. The van der Waals surface area contributed by atoms with Crippen LogP contribution in [0.25, 0.3) is 0 Å². The van der Waals surface area contributed by atoms with Crippen molar-refractivity contribution in [3.8, 4) is 0 Å². The fourth-order valence-corrected chi connectivity index (χ4v) is 4.67. The molecule has 3 rings (SSSR count). The number of nitrogens with one attached hydrogen (secondary N) is 1. The normalized spacial score (nSPS) is 17.3. The lowest BCUT2D eigenvalue weighted by Gasteiger charge is -2.20. The van der Waals surface area contributed by atoms with Gasteiger partial charge in [-0.05, 0) is 62.8 Å². The first-order valence-electron chi connectivity index (χ1n) is 7.77. The van der Waals surface area contributed by atoms with Crippen LogP contribution in [0.2, 0.25) is 5.02 Å². The van der Waals surface area contributed by atoms with Crippen LogP contribution in [0.5, 0.6) is 0 Å². The molecule has 1 heterocycles. The van der Waals surface area contributed by atoms with Gasteiger partial charge in [0.1, 0.15) is 0 Å². The molecule has 1 N–H and O–H groups in total. The molecule has 1 aliphatic carbocycles. The van der Waals surface area contributed by atoms with Gasteiger partial charge in [0, 0.05) is 26.9 Å². The molecule has 0 radical (unpaired) electrons. The molecule has 1 nitrogen and oxygen atoms in total. The third-order valence-electron chi connectivity index (χ3n) is 4.31. The summed E-state index contributed by atoms with van der Waals surface area (Å²) in [5.41, 5.74) is 2.76. The van der Waals surface area contributed by atoms with Gasteiger partial charge in [0.25, 0.3) is 0 Å². The van der Waals surface area contributed by atoms with E-state index >= 15 is 0 Å². The highest BCUT2D eigenvalue weighted by atomic mass is 35.5. The van der Waals surface area contributed by atoms with Crippen molar-refractivity contribution < 1.29 is 0 Å². The van der Waals surface area contributed by atoms with Gasteiger partial charge in [-0.25, -0.2) is 0 Å². The highest BCUT2D eigenvalue weighted by Crippen LogP contribution is 2.34. The smallest absolute Gasteiger partial charge is 0.0453 e. The van der Waals surface area contributed by atoms with Crippen LogP contribution < -0.4 is 5.32 Å². The number of hydrogen-bond acceptors (Lipinski definition) is 2. The molecule has 0 bridgehead atoms. The molecule has 2 atom stereocenters. The molecule has 21 heavy (non-hydrogen) atoms. The molecule has 0 saturated carbocycles. The first kappa shape index (κ1) is 15.1. The highest BCUT2D eigenvalue weighted by Gasteiger charge is 2.18. The summed E-state index contributed by atoms with van der Waals surface area (Å²) in [4.78, 5) is 3.07. The Kier molecular flexibility index (Phi) is 4.68. The monoisotopic (exact) mass is 319 g/mol. The Hall–Kier alpha value is -0.830. The first-order chi connectivity index (χ1) is 10.1. The predicted molar refractivity (Wildman–Crippen MR) is 92.4 cm³/mol. The number of thiophene rings is 1. The third-order valence-corrected chi connectivity index (χ3v) is 6.08. The fraction of sp³-hybridized carbons (Fsp3) is 0.444. The minimum absolute atomic E-state index is 0.257. The Balaban J connectivity index is 1.72. The second kappa shape index (κ2) is 6.51. The van der Waals surface area contributed by atoms with Crippen molar-refractivity contribution in [2.24, 2.45) is 0 Å². The van der Waals surface area contributed by atoms with Crippen molar-refractivity contribution in [2.45, 2.75) is 51.6 Å². The summed E-state index contributed by atoms with van der Waals surface area (Å²) in [6.45, 7) is 4.44. The molecular weight excluding hydrogens is 298 g/mol. The molecule has 0 spiro atoms. The average molecular weight is 320 g/mol. The Morgan fingerprint density at radius 1 is 1.10 bits per heavy atom. The van der Waals surface area contributed by atoms with Gasteiger partial charge < -0.3 is 5.32 Å². The van der Waals surface area contributed by atoms with Gasteiger partial charge in [0.05, 0.1) is 0 Å². The van der Waals surface area contributed by atoms with Gasteiger partial charge in [-0.15, -0.1) is 11.3 Å². The highest BCUT2D eigenvalue weighted by molar-refractivity contribution is 7.12. The Bertz CT molecular complexity index is 596. The lowest BCUT2D eigenvalue weighted by Crippen LogP contribution is -2.22. The van der Waals surface area contributed by atoms with Crippen LogP contribution in [-0.2, 0) is 12.8 Å². The van der Waals surface area contributed by atoms with E-state index in [4.69, 9.17) is 11.6 Å². The molecule has 2 aromatic rings. The number of rotatable bonds is 4. The van der Waals surface area contributed by atoms with E-state index in [1.807, 2.05) is 29.5 Å². The molecule has 0 aliphatic heterocycles. The molecule has 1 aliphatic rings. The van der Waals surface area contributed by atoms with Crippen LogP contribution in [0, 0.1) is 0 Å². The van der Waals surface area contributed by atoms with E-state index < -0.39 is 0 Å². The maximum atomic E-state index is 6.29. The van der Waals surface area contributed by atoms with Crippen LogP contribution in [0.3, 0.4) is 0 Å². The summed E-state index contributed by atoms with van der Waals surface area (Å²) >= 11 is 8.28. The van der Waals surface area contributed by atoms with Gasteiger partial charge in [-0.2, -0.15) is 0 Å². The van der Waals surface area contributed by atoms with Crippen molar-refractivity contribution in [1.82, 2.24) is 5.32 Å². The molecule has 0 saturated heterocycles. The maximum absolute atomic E-state index is 6.29. The number of halogens is 1. The standard InChI is InChI=1S/C18H22ClNS/c1-12(15-8-4-5-9-16(15)19)20-13(2)18-11-14-7-3-6-10-17(14)21-18/h4-5,8-9,11-13,20H,3,6-7,10H2,1-2H3. The lowest BCUT2D eigenvalue weighted by molar-refractivity contribution is 0.500. The van der Waals surface area contributed by atoms with Gasteiger partial charge in [-0.1, -0.05) is 29.8 Å². The molecular formula is C18H22ClNS. The van der Waals surface area contributed by atoms with Crippen molar-refractivity contribution in [3.63, 3.8) is 0 Å². The topological polar surface area (TPSA) is 12.0 Å². The molecule has 1 aromatic carbocycles. The minimum atomic E-state index is 0.257. The zero-order valence-corrected chi connectivity index (χ0v) is 14.2. The summed E-state index contributed by atoms with van der Waals surface area (Å²) in [5, 5.41) is 4.53. The van der Waals surface area contributed by atoms with Crippen LogP contribution in [0.4, 0.5) is 0 Å². The molecule has 0 fully saturated rings. The molecule has 1 aromatic heterocycles. The van der Waals surface area contributed by atoms with Crippen LogP contribution >= 0.6 is 22.9 Å². The first-order valence-corrected chi connectivity index (χ1v) is 8.96. The van der Waals surface area contributed by atoms with E-state index in [-0.39, 0.29) is 6.04 Å². The maximum Gasteiger partial charge on any atom is 0.0453 e. The number of aryl methyl sites for hydroxylation is 2. The van der Waals surface area contributed by atoms with Gasteiger partial charge in [0.2, 0.25) is 0 Å². The molecule has 3 heteroatoms.